The van der Waals surface area contributed by atoms with E-state index in [1.165, 1.54) is 0 Å². The Morgan fingerprint density at radius 3 is 2.72 bits per heavy atom. The van der Waals surface area contributed by atoms with Crippen molar-refractivity contribution in [2.75, 3.05) is 6.61 Å². The fourth-order valence-corrected chi connectivity index (χ4v) is 2.49. The quantitative estimate of drug-likeness (QED) is 0.852. The molecule has 1 N–H and O–H groups in total. The molecule has 0 aromatic heterocycles. The van der Waals surface area contributed by atoms with E-state index in [4.69, 9.17) is 16.3 Å². The highest BCUT2D eigenvalue weighted by atomic mass is 35.5. The topological polar surface area (TPSA) is 38.3 Å². The maximum absolute atomic E-state index is 11.4. The van der Waals surface area contributed by atoms with E-state index in [9.17, 15) is 4.79 Å². The zero-order valence-corrected chi connectivity index (χ0v) is 12.2. The van der Waals surface area contributed by atoms with Crippen molar-refractivity contribution in [1.82, 2.24) is 5.32 Å². The molecule has 100 valence electrons. The van der Waals surface area contributed by atoms with Gasteiger partial charge in [-0.3, -0.25) is 0 Å². The van der Waals surface area contributed by atoms with Crippen LogP contribution in [0.3, 0.4) is 0 Å². The van der Waals surface area contributed by atoms with Crippen LogP contribution >= 0.6 is 24.0 Å². The molecule has 2 rings (SSSR count). The Morgan fingerprint density at radius 2 is 2.11 bits per heavy atom. The van der Waals surface area contributed by atoms with Gasteiger partial charge < -0.3 is 10.1 Å². The second kappa shape index (κ2) is 5.37. The largest absolute Gasteiger partial charge is 0.449 e. The van der Waals surface area contributed by atoms with Gasteiger partial charge in [0.25, 0.3) is 0 Å². The van der Waals surface area contributed by atoms with Crippen molar-refractivity contribution in [2.24, 2.45) is 5.41 Å². The van der Waals surface area contributed by atoms with Crippen molar-refractivity contribution in [3.05, 3.63) is 34.3 Å². The van der Waals surface area contributed by atoms with Crippen LogP contribution in [0, 0.1) is 12.3 Å². The summed E-state index contributed by atoms with van der Waals surface area (Å²) in [6, 6.07) is 5.65. The van der Waals surface area contributed by atoms with Crippen LogP contribution in [-0.4, -0.2) is 12.7 Å². The van der Waals surface area contributed by atoms with Gasteiger partial charge in [-0.15, -0.1) is 12.4 Å². The van der Waals surface area contributed by atoms with E-state index < -0.39 is 0 Å². The molecule has 1 aromatic rings. The average Bonchev–Trinajstić information content (AvgIpc) is 2.23. The van der Waals surface area contributed by atoms with Gasteiger partial charge >= 0.3 is 6.09 Å². The van der Waals surface area contributed by atoms with E-state index in [1.807, 2.05) is 25.1 Å². The fourth-order valence-electron chi connectivity index (χ4n) is 2.16. The van der Waals surface area contributed by atoms with E-state index in [1.54, 1.807) is 0 Å². The van der Waals surface area contributed by atoms with Crippen LogP contribution in [0.2, 0.25) is 5.02 Å². The van der Waals surface area contributed by atoms with E-state index in [0.717, 1.165) is 11.1 Å². The number of alkyl carbamates (subject to hydrolysis) is 1. The minimum Gasteiger partial charge on any atom is -0.449 e. The molecular formula is C13H17Cl2NO2. The highest BCUT2D eigenvalue weighted by molar-refractivity contribution is 6.31. The molecule has 0 aliphatic carbocycles. The fraction of sp³-hybridized carbons (Fsp3) is 0.462. The maximum Gasteiger partial charge on any atom is 0.407 e. The Labute approximate surface area is 118 Å². The van der Waals surface area contributed by atoms with Crippen LogP contribution in [0.25, 0.3) is 0 Å². The Morgan fingerprint density at radius 1 is 1.44 bits per heavy atom. The molecule has 18 heavy (non-hydrogen) atoms. The zero-order valence-electron chi connectivity index (χ0n) is 10.6. The number of nitrogens with one attached hydrogen (secondary N) is 1. The number of hydrogen-bond donors (Lipinski definition) is 1. The second-order valence-corrected chi connectivity index (χ2v) is 5.52. The summed E-state index contributed by atoms with van der Waals surface area (Å²) in [7, 11) is 0. The number of amides is 1. The first-order valence-corrected chi connectivity index (χ1v) is 5.98. The molecule has 1 saturated heterocycles. The van der Waals surface area contributed by atoms with Gasteiger partial charge in [-0.1, -0.05) is 37.6 Å². The molecule has 1 heterocycles. The standard InChI is InChI=1S/C13H16ClNO2.ClH/c1-8-5-4-6-9(14)10(8)11-13(2,3)7-17-12(16)15-11;/h4-6,11H,7H2,1-3H3,(H,15,16);1H/t11-;/m1./s1. The summed E-state index contributed by atoms with van der Waals surface area (Å²) < 4.78 is 5.03. The Kier molecular flexibility index (Phi) is 4.51. The first-order valence-electron chi connectivity index (χ1n) is 5.60. The Balaban J connectivity index is 0.00000162. The number of carbonyl (C=O) groups excluding carboxylic acids is 1. The molecule has 5 heteroatoms. The number of ether oxygens (including phenoxy) is 1. The Bertz CT molecular complexity index is 440. The van der Waals surface area contributed by atoms with E-state index in [-0.39, 0.29) is 30.0 Å². The number of benzene rings is 1. The monoisotopic (exact) mass is 289 g/mol. The predicted octanol–water partition coefficient (Wildman–Crippen LogP) is 3.88. The Hall–Kier alpha value is -0.930. The van der Waals surface area contributed by atoms with Crippen LogP contribution in [0.5, 0.6) is 0 Å². The van der Waals surface area contributed by atoms with Gasteiger partial charge in [0.15, 0.2) is 0 Å². The third kappa shape index (κ3) is 2.73. The van der Waals surface area contributed by atoms with Crippen LogP contribution in [0.4, 0.5) is 4.79 Å². The lowest BCUT2D eigenvalue weighted by Gasteiger charge is -2.39. The highest BCUT2D eigenvalue weighted by Crippen LogP contribution is 2.40. The summed E-state index contributed by atoms with van der Waals surface area (Å²) >= 11 is 6.25. The molecule has 0 radical (unpaired) electrons. The normalized spacial score (nSPS) is 21.6. The molecule has 1 atom stereocenters. The van der Waals surface area contributed by atoms with Crippen LogP contribution < -0.4 is 5.32 Å². The van der Waals surface area contributed by atoms with Crippen molar-refractivity contribution in [1.29, 1.82) is 0 Å². The van der Waals surface area contributed by atoms with Gasteiger partial charge in [0.05, 0.1) is 6.04 Å². The van der Waals surface area contributed by atoms with Crippen LogP contribution in [-0.2, 0) is 4.74 Å². The summed E-state index contributed by atoms with van der Waals surface area (Å²) in [4.78, 5) is 11.4. The molecule has 1 aliphatic rings. The molecule has 1 amide bonds. The van der Waals surface area contributed by atoms with Gasteiger partial charge in [0, 0.05) is 10.4 Å². The average molecular weight is 290 g/mol. The summed E-state index contributed by atoms with van der Waals surface area (Å²) in [5.74, 6) is 0. The smallest absolute Gasteiger partial charge is 0.407 e. The van der Waals surface area contributed by atoms with E-state index in [0.29, 0.717) is 11.6 Å². The number of halogens is 2. The van der Waals surface area contributed by atoms with Crippen molar-refractivity contribution >= 4 is 30.1 Å². The zero-order chi connectivity index (χ0) is 12.6. The number of carbonyl (C=O) groups is 1. The number of cyclic esters (lactones) is 1. The maximum atomic E-state index is 11.4. The number of rotatable bonds is 1. The molecule has 0 bridgehead atoms. The van der Waals surface area contributed by atoms with Gasteiger partial charge in [-0.2, -0.15) is 0 Å². The van der Waals surface area contributed by atoms with Crippen molar-refractivity contribution in [3.8, 4) is 0 Å². The summed E-state index contributed by atoms with van der Waals surface area (Å²) in [6.45, 7) is 6.51. The highest BCUT2D eigenvalue weighted by Gasteiger charge is 2.39. The first kappa shape index (κ1) is 15.1. The second-order valence-electron chi connectivity index (χ2n) is 5.11. The van der Waals surface area contributed by atoms with E-state index in [2.05, 4.69) is 19.2 Å². The summed E-state index contributed by atoms with van der Waals surface area (Å²) in [5, 5.41) is 3.54. The number of hydrogen-bond acceptors (Lipinski definition) is 2. The van der Waals surface area contributed by atoms with Gasteiger partial charge in [0.2, 0.25) is 0 Å². The van der Waals surface area contributed by atoms with Gasteiger partial charge in [-0.05, 0) is 24.1 Å². The third-order valence-corrected chi connectivity index (χ3v) is 3.51. The lowest BCUT2D eigenvalue weighted by atomic mass is 9.79. The predicted molar refractivity (Wildman–Crippen MR) is 74.4 cm³/mol. The molecule has 0 saturated carbocycles. The van der Waals surface area contributed by atoms with Gasteiger partial charge in [-0.25, -0.2) is 4.79 Å². The molecular weight excluding hydrogens is 273 g/mol. The summed E-state index contributed by atoms with van der Waals surface area (Å²) in [5.41, 5.74) is 1.89. The van der Waals surface area contributed by atoms with Gasteiger partial charge in [0.1, 0.15) is 6.61 Å². The lowest BCUT2D eigenvalue weighted by Crippen LogP contribution is -2.47. The van der Waals surface area contributed by atoms with E-state index >= 15 is 0 Å². The van der Waals surface area contributed by atoms with Crippen LogP contribution in [0.1, 0.15) is 31.0 Å². The van der Waals surface area contributed by atoms with Crippen molar-refractivity contribution < 1.29 is 9.53 Å². The SMILES string of the molecule is Cc1cccc(Cl)c1[C@H]1NC(=O)OCC1(C)C.Cl. The summed E-state index contributed by atoms with van der Waals surface area (Å²) in [6.07, 6.45) is -0.381. The molecule has 1 aromatic carbocycles. The van der Waals surface area contributed by atoms with Crippen molar-refractivity contribution in [3.63, 3.8) is 0 Å². The minimum absolute atomic E-state index is 0. The molecule has 1 fully saturated rings. The molecule has 1 aliphatic heterocycles. The molecule has 0 spiro atoms. The lowest BCUT2D eigenvalue weighted by molar-refractivity contribution is 0.0386. The minimum atomic E-state index is -0.381. The number of aryl methyl sites for hydroxylation is 1. The molecule has 3 nitrogen and oxygen atoms in total. The first-order chi connectivity index (χ1) is 7.92. The molecule has 0 unspecified atom stereocenters. The van der Waals surface area contributed by atoms with Crippen LogP contribution in [0.15, 0.2) is 18.2 Å². The third-order valence-electron chi connectivity index (χ3n) is 3.18. The van der Waals surface area contributed by atoms with Crippen molar-refractivity contribution in [2.45, 2.75) is 26.8 Å².